The topological polar surface area (TPSA) is 43.9 Å². The normalized spacial score (nSPS) is 21.5. The quantitative estimate of drug-likeness (QED) is 0.774. The van der Waals surface area contributed by atoms with Crippen LogP contribution in [0, 0.1) is 0 Å². The van der Waals surface area contributed by atoms with Crippen molar-refractivity contribution in [2.45, 2.75) is 25.3 Å². The van der Waals surface area contributed by atoms with E-state index < -0.39 is 5.54 Å². The number of hydrogen-bond acceptors (Lipinski definition) is 3. The zero-order valence-electron chi connectivity index (χ0n) is 14.7. The van der Waals surface area contributed by atoms with Crippen molar-refractivity contribution in [2.75, 3.05) is 33.2 Å². The molecule has 0 aliphatic carbocycles. The first-order valence-corrected chi connectivity index (χ1v) is 9.09. The number of amides is 3. The summed E-state index contributed by atoms with van der Waals surface area (Å²) < 4.78 is 0. The van der Waals surface area contributed by atoms with Gasteiger partial charge in [0.2, 0.25) is 0 Å². The monoisotopic (exact) mass is 361 g/mol. The molecule has 6 heteroatoms. The zero-order chi connectivity index (χ0) is 18.0. The Labute approximate surface area is 153 Å². The fourth-order valence-electron chi connectivity index (χ4n) is 3.87. The van der Waals surface area contributed by atoms with Crippen LogP contribution in [0.2, 0.25) is 0 Å². The van der Waals surface area contributed by atoms with Gasteiger partial charge in [-0.15, -0.1) is 0 Å². The number of hydrogen-bond donors (Lipinski definition) is 0. The molecule has 3 amide bonds. The van der Waals surface area contributed by atoms with Crippen molar-refractivity contribution in [2.24, 2.45) is 0 Å². The average Bonchev–Trinajstić information content (AvgIpc) is 2.79. The Bertz CT molecular complexity index is 681. The van der Waals surface area contributed by atoms with E-state index >= 15 is 0 Å². The van der Waals surface area contributed by atoms with Crippen LogP contribution < -0.4 is 0 Å². The molecule has 0 radical (unpaired) electrons. The third kappa shape index (κ3) is 3.31. The fraction of sp³-hybridized carbons (Fsp3) is 0.474. The molecule has 0 unspecified atom stereocenters. The number of rotatable bonds is 4. The van der Waals surface area contributed by atoms with Crippen LogP contribution in [0.25, 0.3) is 6.08 Å². The van der Waals surface area contributed by atoms with E-state index in [2.05, 4.69) is 4.90 Å². The van der Waals surface area contributed by atoms with Gasteiger partial charge in [0.05, 0.1) is 0 Å². The summed E-state index contributed by atoms with van der Waals surface area (Å²) in [5.41, 5.74) is 0.420. The third-order valence-electron chi connectivity index (χ3n) is 5.23. The Morgan fingerprint density at radius 2 is 1.84 bits per heavy atom. The van der Waals surface area contributed by atoms with Crippen LogP contribution >= 0.6 is 11.6 Å². The molecule has 0 aromatic heterocycles. The number of benzene rings is 1. The summed E-state index contributed by atoms with van der Waals surface area (Å²) in [4.78, 5) is 30.2. The van der Waals surface area contributed by atoms with Crippen LogP contribution in [0.3, 0.4) is 0 Å². The molecule has 2 aliphatic heterocycles. The van der Waals surface area contributed by atoms with Crippen LogP contribution in [0.1, 0.15) is 25.3 Å². The predicted molar refractivity (Wildman–Crippen MR) is 99.2 cm³/mol. The molecular weight excluding hydrogens is 338 g/mol. The maximum Gasteiger partial charge on any atom is 0.327 e. The van der Waals surface area contributed by atoms with Crippen molar-refractivity contribution in [3.63, 3.8) is 0 Å². The summed E-state index contributed by atoms with van der Waals surface area (Å²) in [5, 5.41) is 0.778. The second-order valence-electron chi connectivity index (χ2n) is 6.70. The SMILES string of the molecule is CCN1C(=O)N(C)C(=O)C12CCN(CC(Cl)=Cc1ccccc1)CC2. The largest absolute Gasteiger partial charge is 0.327 e. The number of urea groups is 1. The molecule has 1 spiro atoms. The lowest BCUT2D eigenvalue weighted by Crippen LogP contribution is -2.56. The van der Waals surface area contributed by atoms with E-state index in [0.29, 0.717) is 25.9 Å². The van der Waals surface area contributed by atoms with E-state index in [-0.39, 0.29) is 11.9 Å². The number of carbonyl (C=O) groups excluding carboxylic acids is 2. The van der Waals surface area contributed by atoms with Gasteiger partial charge in [0.1, 0.15) is 5.54 Å². The predicted octanol–water partition coefficient (Wildman–Crippen LogP) is 3.01. The molecule has 0 atom stereocenters. The van der Waals surface area contributed by atoms with Crippen LogP contribution in [-0.4, -0.2) is 65.4 Å². The molecule has 0 N–H and O–H groups in total. The van der Waals surface area contributed by atoms with Gasteiger partial charge in [-0.05, 0) is 31.4 Å². The number of imide groups is 1. The number of likely N-dealkylation sites (N-methyl/N-ethyl adjacent to an activating group) is 2. The summed E-state index contributed by atoms with van der Waals surface area (Å²) in [5.74, 6) is -0.0649. The van der Waals surface area contributed by atoms with Gasteiger partial charge in [0, 0.05) is 38.3 Å². The summed E-state index contributed by atoms with van der Waals surface area (Å²) >= 11 is 6.41. The Balaban J connectivity index is 1.65. The second kappa shape index (κ2) is 7.18. The maximum absolute atomic E-state index is 12.6. The third-order valence-corrected chi connectivity index (χ3v) is 5.46. The minimum atomic E-state index is -0.660. The van der Waals surface area contributed by atoms with Crippen molar-refractivity contribution in [3.8, 4) is 0 Å². The summed E-state index contributed by atoms with van der Waals surface area (Å²) in [7, 11) is 1.58. The minimum absolute atomic E-state index is 0.0649. The lowest BCUT2D eigenvalue weighted by Gasteiger charge is -2.41. The smallest absolute Gasteiger partial charge is 0.310 e. The van der Waals surface area contributed by atoms with Gasteiger partial charge in [-0.25, -0.2) is 4.79 Å². The lowest BCUT2D eigenvalue weighted by atomic mass is 9.86. The Morgan fingerprint density at radius 1 is 1.20 bits per heavy atom. The standard InChI is InChI=1S/C19H24ClN3O2/c1-3-23-18(25)21(2)17(24)19(23)9-11-22(12-10-19)14-16(20)13-15-7-5-4-6-8-15/h4-8,13H,3,9-12,14H2,1-2H3. The van der Waals surface area contributed by atoms with E-state index in [9.17, 15) is 9.59 Å². The molecular formula is C19H24ClN3O2. The maximum atomic E-state index is 12.6. The van der Waals surface area contributed by atoms with Crippen LogP contribution in [0.4, 0.5) is 4.79 Å². The molecule has 25 heavy (non-hydrogen) atoms. The Morgan fingerprint density at radius 3 is 2.44 bits per heavy atom. The molecule has 1 aromatic carbocycles. The highest BCUT2D eigenvalue weighted by atomic mass is 35.5. The molecule has 2 aliphatic rings. The molecule has 0 bridgehead atoms. The van der Waals surface area contributed by atoms with E-state index in [1.165, 1.54) is 4.90 Å². The van der Waals surface area contributed by atoms with Gasteiger partial charge in [0.15, 0.2) is 0 Å². The fourth-order valence-corrected chi connectivity index (χ4v) is 4.17. The highest BCUT2D eigenvalue weighted by Crippen LogP contribution is 2.36. The van der Waals surface area contributed by atoms with Crippen molar-refractivity contribution in [1.29, 1.82) is 0 Å². The molecule has 2 heterocycles. The number of piperidine rings is 1. The van der Waals surface area contributed by atoms with Gasteiger partial charge in [-0.2, -0.15) is 0 Å². The average molecular weight is 362 g/mol. The van der Waals surface area contributed by atoms with Crippen molar-refractivity contribution in [3.05, 3.63) is 40.9 Å². The highest BCUT2D eigenvalue weighted by molar-refractivity contribution is 6.31. The first-order valence-electron chi connectivity index (χ1n) is 8.71. The summed E-state index contributed by atoms with van der Waals surface area (Å²) in [6, 6.07) is 9.81. The minimum Gasteiger partial charge on any atom is -0.310 e. The zero-order valence-corrected chi connectivity index (χ0v) is 15.5. The number of likely N-dealkylation sites (tertiary alicyclic amines) is 1. The Hall–Kier alpha value is -1.85. The van der Waals surface area contributed by atoms with Gasteiger partial charge >= 0.3 is 6.03 Å². The van der Waals surface area contributed by atoms with Crippen molar-refractivity contribution < 1.29 is 9.59 Å². The summed E-state index contributed by atoms with van der Waals surface area (Å²) in [6.07, 6.45) is 3.29. The van der Waals surface area contributed by atoms with Crippen LogP contribution in [-0.2, 0) is 4.79 Å². The molecule has 3 rings (SSSR count). The van der Waals surface area contributed by atoms with E-state index in [1.807, 2.05) is 43.3 Å². The van der Waals surface area contributed by atoms with Crippen molar-refractivity contribution >= 4 is 29.6 Å². The lowest BCUT2D eigenvalue weighted by molar-refractivity contribution is -0.134. The number of nitrogens with zero attached hydrogens (tertiary/aromatic N) is 3. The second-order valence-corrected chi connectivity index (χ2v) is 7.19. The van der Waals surface area contributed by atoms with Gasteiger partial charge < -0.3 is 4.90 Å². The van der Waals surface area contributed by atoms with Gasteiger partial charge in [-0.1, -0.05) is 41.9 Å². The van der Waals surface area contributed by atoms with Gasteiger partial charge in [0.25, 0.3) is 5.91 Å². The first-order chi connectivity index (χ1) is 12.0. The summed E-state index contributed by atoms with van der Waals surface area (Å²) in [6.45, 7) is 4.66. The number of carbonyl (C=O) groups is 2. The first kappa shape index (κ1) is 18.0. The van der Waals surface area contributed by atoms with E-state index in [4.69, 9.17) is 11.6 Å². The van der Waals surface area contributed by atoms with Crippen LogP contribution in [0.5, 0.6) is 0 Å². The molecule has 134 valence electrons. The highest BCUT2D eigenvalue weighted by Gasteiger charge is 2.56. The molecule has 1 aromatic rings. The molecule has 5 nitrogen and oxygen atoms in total. The molecule has 2 fully saturated rings. The number of halogens is 1. The van der Waals surface area contributed by atoms with Crippen molar-refractivity contribution in [1.82, 2.24) is 14.7 Å². The Kier molecular flexibility index (Phi) is 5.16. The molecule has 2 saturated heterocycles. The van der Waals surface area contributed by atoms with E-state index in [1.54, 1.807) is 11.9 Å². The van der Waals surface area contributed by atoms with Crippen LogP contribution in [0.15, 0.2) is 35.4 Å². The van der Waals surface area contributed by atoms with E-state index in [0.717, 1.165) is 23.7 Å². The van der Waals surface area contributed by atoms with Gasteiger partial charge in [-0.3, -0.25) is 14.6 Å². The molecule has 0 saturated carbocycles.